The summed E-state index contributed by atoms with van der Waals surface area (Å²) in [7, 11) is 0. The average molecular weight is 154 g/mol. The third kappa shape index (κ3) is 6.29. The Labute approximate surface area is 83.8 Å². The van der Waals surface area contributed by atoms with Crippen molar-refractivity contribution in [2.75, 3.05) is 0 Å². The summed E-state index contributed by atoms with van der Waals surface area (Å²) in [6.45, 7) is 6.20. The van der Waals surface area contributed by atoms with Gasteiger partial charge in [-0.25, -0.2) is 4.79 Å². The zero-order valence-electron chi connectivity index (χ0n) is 7.55. The van der Waals surface area contributed by atoms with Crippen molar-refractivity contribution in [3.05, 3.63) is 12.2 Å². The summed E-state index contributed by atoms with van der Waals surface area (Å²) >= 11 is 0. The van der Waals surface area contributed by atoms with Gasteiger partial charge in [0.25, 0.3) is 0 Å². The molecule has 1 N–H and O–H groups in total. The SMILES string of the molecule is C=C(C)C(=O)OC(C)O.[H-].[Na+]. The van der Waals surface area contributed by atoms with E-state index in [4.69, 9.17) is 5.11 Å². The van der Waals surface area contributed by atoms with Crippen LogP contribution in [-0.2, 0) is 9.53 Å². The maximum atomic E-state index is 10.5. The molecule has 0 heterocycles. The first kappa shape index (κ1) is 12.8. The Hall–Kier alpha value is 0.170. The molecule has 0 radical (unpaired) electrons. The largest absolute Gasteiger partial charge is 1.00 e. The molecule has 0 aliphatic rings. The second-order valence-corrected chi connectivity index (χ2v) is 1.78. The Morgan fingerprint density at radius 3 is 2.30 bits per heavy atom. The molecular weight excluding hydrogens is 143 g/mol. The van der Waals surface area contributed by atoms with Gasteiger partial charge in [0.2, 0.25) is 0 Å². The Balaban J connectivity index is -0.000000320. The van der Waals surface area contributed by atoms with Crippen molar-refractivity contribution in [2.45, 2.75) is 20.1 Å². The minimum Gasteiger partial charge on any atom is -1.00 e. The average Bonchev–Trinajstić information content (AvgIpc) is 1.63. The zero-order chi connectivity index (χ0) is 7.44. The molecule has 0 saturated carbocycles. The Morgan fingerprint density at radius 2 is 2.20 bits per heavy atom. The molecule has 0 rings (SSSR count). The van der Waals surface area contributed by atoms with Crippen molar-refractivity contribution in [2.24, 2.45) is 0 Å². The monoisotopic (exact) mass is 154 g/mol. The maximum absolute atomic E-state index is 10.5. The molecule has 4 heteroatoms. The van der Waals surface area contributed by atoms with Crippen LogP contribution >= 0.6 is 0 Å². The molecule has 3 nitrogen and oxygen atoms in total. The van der Waals surface area contributed by atoms with Crippen molar-refractivity contribution in [1.82, 2.24) is 0 Å². The van der Waals surface area contributed by atoms with E-state index in [0.717, 1.165) is 0 Å². The van der Waals surface area contributed by atoms with Crippen molar-refractivity contribution >= 4 is 5.97 Å². The van der Waals surface area contributed by atoms with Crippen molar-refractivity contribution in [3.8, 4) is 0 Å². The maximum Gasteiger partial charge on any atom is 1.00 e. The van der Waals surface area contributed by atoms with Gasteiger partial charge in [-0.2, -0.15) is 0 Å². The molecule has 10 heavy (non-hydrogen) atoms. The molecule has 0 aromatic carbocycles. The smallest absolute Gasteiger partial charge is 1.00 e. The van der Waals surface area contributed by atoms with Gasteiger partial charge in [0, 0.05) is 5.57 Å². The van der Waals surface area contributed by atoms with Crippen LogP contribution in [0.4, 0.5) is 0 Å². The molecule has 0 bridgehead atoms. The second kappa shape index (κ2) is 5.92. The van der Waals surface area contributed by atoms with Gasteiger partial charge in [0.15, 0.2) is 6.29 Å². The summed E-state index contributed by atoms with van der Waals surface area (Å²) in [5.41, 5.74) is 0.288. The molecule has 0 amide bonds. The first-order valence-corrected chi connectivity index (χ1v) is 2.58. The number of hydrogen-bond donors (Lipinski definition) is 1. The minimum absolute atomic E-state index is 0. The summed E-state index contributed by atoms with van der Waals surface area (Å²) in [5.74, 6) is -0.565. The van der Waals surface area contributed by atoms with Gasteiger partial charge in [0.05, 0.1) is 0 Å². The normalized spacial score (nSPS) is 11.1. The molecule has 0 aliphatic heterocycles. The summed E-state index contributed by atoms with van der Waals surface area (Å²) in [5, 5.41) is 8.49. The molecule has 0 aromatic heterocycles. The van der Waals surface area contributed by atoms with Gasteiger partial charge >= 0.3 is 35.5 Å². The van der Waals surface area contributed by atoms with Gasteiger partial charge < -0.3 is 11.3 Å². The van der Waals surface area contributed by atoms with E-state index in [1.165, 1.54) is 13.8 Å². The number of esters is 1. The van der Waals surface area contributed by atoms with Crippen molar-refractivity contribution in [3.63, 3.8) is 0 Å². The molecule has 0 aliphatic carbocycles. The van der Waals surface area contributed by atoms with Crippen LogP contribution in [0.3, 0.4) is 0 Å². The van der Waals surface area contributed by atoms with Crippen LogP contribution in [0, 0.1) is 0 Å². The molecule has 1 atom stereocenters. The van der Waals surface area contributed by atoms with Crippen LogP contribution in [0.2, 0.25) is 0 Å². The molecule has 0 aromatic rings. The van der Waals surface area contributed by atoms with E-state index >= 15 is 0 Å². The van der Waals surface area contributed by atoms with E-state index in [-0.39, 0.29) is 36.6 Å². The third-order valence-corrected chi connectivity index (χ3v) is 0.626. The van der Waals surface area contributed by atoms with Crippen LogP contribution in [0.5, 0.6) is 0 Å². The number of aliphatic hydroxyl groups is 1. The number of carbonyl (C=O) groups is 1. The van der Waals surface area contributed by atoms with Crippen molar-refractivity contribution < 1.29 is 45.6 Å². The molecule has 0 spiro atoms. The van der Waals surface area contributed by atoms with Gasteiger partial charge in [-0.05, 0) is 13.8 Å². The molecule has 54 valence electrons. The fourth-order valence-corrected chi connectivity index (χ4v) is 0.255. The molecule has 1 unspecified atom stereocenters. The quantitative estimate of drug-likeness (QED) is 0.208. The van der Waals surface area contributed by atoms with Gasteiger partial charge in [-0.3, -0.25) is 0 Å². The summed E-state index contributed by atoms with van der Waals surface area (Å²) in [4.78, 5) is 10.5. The number of ether oxygens (including phenoxy) is 1. The second-order valence-electron chi connectivity index (χ2n) is 1.78. The topological polar surface area (TPSA) is 46.5 Å². The Bertz CT molecular complexity index is 136. The van der Waals surface area contributed by atoms with Crippen LogP contribution < -0.4 is 29.6 Å². The Morgan fingerprint density at radius 1 is 1.80 bits per heavy atom. The predicted molar refractivity (Wildman–Crippen MR) is 33.7 cm³/mol. The van der Waals surface area contributed by atoms with Crippen LogP contribution in [0.25, 0.3) is 0 Å². The first-order chi connectivity index (χ1) is 4.04. The summed E-state index contributed by atoms with van der Waals surface area (Å²) < 4.78 is 4.33. The fraction of sp³-hybridized carbons (Fsp3) is 0.500. The summed E-state index contributed by atoms with van der Waals surface area (Å²) in [6.07, 6.45) is -1.05. The van der Waals surface area contributed by atoms with E-state index < -0.39 is 12.3 Å². The van der Waals surface area contributed by atoms with E-state index in [2.05, 4.69) is 11.3 Å². The predicted octanol–water partition coefficient (Wildman–Crippen LogP) is -2.44. The van der Waals surface area contributed by atoms with E-state index in [0.29, 0.717) is 0 Å². The van der Waals surface area contributed by atoms with Gasteiger partial charge in [0.1, 0.15) is 0 Å². The first-order valence-electron chi connectivity index (χ1n) is 2.58. The summed E-state index contributed by atoms with van der Waals surface area (Å²) in [6, 6.07) is 0. The molecular formula is C6H11NaO3. The van der Waals surface area contributed by atoms with Crippen molar-refractivity contribution in [1.29, 1.82) is 0 Å². The van der Waals surface area contributed by atoms with Crippen LogP contribution in [0.1, 0.15) is 15.3 Å². The Kier molecular flexibility index (Phi) is 7.58. The van der Waals surface area contributed by atoms with E-state index in [1.54, 1.807) is 0 Å². The third-order valence-electron chi connectivity index (χ3n) is 0.626. The fourth-order valence-electron chi connectivity index (χ4n) is 0.255. The van der Waals surface area contributed by atoms with E-state index in [9.17, 15) is 4.79 Å². The number of carbonyl (C=O) groups excluding carboxylic acids is 1. The molecule has 0 saturated heterocycles. The number of rotatable bonds is 2. The van der Waals surface area contributed by atoms with E-state index in [1.807, 2.05) is 0 Å². The van der Waals surface area contributed by atoms with Crippen LogP contribution in [-0.4, -0.2) is 17.4 Å². The molecule has 0 fully saturated rings. The standard InChI is InChI=1S/C6H10O3.Na.H/c1-4(2)6(8)9-5(3)7;;/h5,7H,1H2,2-3H3;;/q;+1;-1. The van der Waals surface area contributed by atoms with Crippen LogP contribution in [0.15, 0.2) is 12.2 Å². The number of hydrogen-bond acceptors (Lipinski definition) is 3. The minimum atomic E-state index is -1.05. The van der Waals surface area contributed by atoms with Gasteiger partial charge in [-0.15, -0.1) is 0 Å². The number of aliphatic hydroxyl groups excluding tert-OH is 1. The zero-order valence-corrected chi connectivity index (χ0v) is 8.55. The van der Waals surface area contributed by atoms with Gasteiger partial charge in [-0.1, -0.05) is 6.58 Å².